The minimum atomic E-state index is 0. The quantitative estimate of drug-likeness (QED) is 0.189. The van der Waals surface area contributed by atoms with E-state index in [4.69, 9.17) is 0 Å². The minimum absolute atomic E-state index is 0. The van der Waals surface area contributed by atoms with Gasteiger partial charge in [0.15, 0.2) is 0 Å². The van der Waals surface area contributed by atoms with Crippen molar-refractivity contribution >= 4 is 43.6 Å². The molecule has 0 spiro atoms. The molecular formula is C41H46N4. The Morgan fingerprint density at radius 3 is 1.07 bits per heavy atom. The topological polar surface area (TPSA) is 35.6 Å². The molecule has 0 unspecified atom stereocenters. The first-order valence-electron chi connectivity index (χ1n) is 15.4. The lowest BCUT2D eigenvalue weighted by Gasteiger charge is -1.98. The number of benzene rings is 4. The zero-order valence-electron chi connectivity index (χ0n) is 26.6. The van der Waals surface area contributed by atoms with Crippen LogP contribution in [-0.2, 0) is 14.1 Å². The average Bonchev–Trinajstić information content (AvgIpc) is 3.59. The molecule has 4 aromatic heterocycles. The molecule has 0 bridgehead atoms. The van der Waals surface area contributed by atoms with Gasteiger partial charge in [0.05, 0.1) is 23.4 Å². The SMILES string of the molecule is C.CC.CC.Cn1c2ccccc2c2ccncc21.Cn1c2ccccc2c2ccncc21.c1ccc(-c2ccccc2)cc1. The zero-order valence-corrected chi connectivity index (χ0v) is 26.6. The van der Waals surface area contributed by atoms with Gasteiger partial charge in [0, 0.05) is 59.1 Å². The van der Waals surface area contributed by atoms with E-state index < -0.39 is 0 Å². The van der Waals surface area contributed by atoms with Gasteiger partial charge in [0.25, 0.3) is 0 Å². The van der Waals surface area contributed by atoms with Gasteiger partial charge in [0.2, 0.25) is 0 Å². The van der Waals surface area contributed by atoms with Crippen LogP contribution in [0.5, 0.6) is 0 Å². The van der Waals surface area contributed by atoms with Crippen molar-refractivity contribution in [3.8, 4) is 11.1 Å². The lowest BCUT2D eigenvalue weighted by molar-refractivity contribution is 1.01. The maximum absolute atomic E-state index is 4.15. The summed E-state index contributed by atoms with van der Waals surface area (Å²) in [7, 11) is 4.15. The van der Waals surface area contributed by atoms with Crippen LogP contribution < -0.4 is 0 Å². The Hall–Kier alpha value is -5.22. The maximum atomic E-state index is 4.15. The Labute approximate surface area is 268 Å². The van der Waals surface area contributed by atoms with Gasteiger partial charge in [-0.25, -0.2) is 0 Å². The highest BCUT2D eigenvalue weighted by molar-refractivity contribution is 6.08. The van der Waals surface area contributed by atoms with E-state index in [1.807, 2.05) is 64.6 Å². The number of fused-ring (bicyclic) bond motifs is 6. The van der Waals surface area contributed by atoms with Crippen LogP contribution in [0.25, 0.3) is 54.7 Å². The molecule has 0 N–H and O–H groups in total. The van der Waals surface area contributed by atoms with Crippen molar-refractivity contribution in [2.75, 3.05) is 0 Å². The fraction of sp³-hybridized carbons (Fsp3) is 0.171. The van der Waals surface area contributed by atoms with Crippen LogP contribution in [0.15, 0.2) is 146 Å². The molecule has 0 aliphatic rings. The molecule has 4 heteroatoms. The molecule has 4 heterocycles. The van der Waals surface area contributed by atoms with Gasteiger partial charge in [-0.05, 0) is 35.4 Å². The van der Waals surface area contributed by atoms with Gasteiger partial charge in [-0.2, -0.15) is 0 Å². The largest absolute Gasteiger partial charge is 0.342 e. The van der Waals surface area contributed by atoms with Crippen LogP contribution in [0, 0.1) is 0 Å². The molecule has 4 nitrogen and oxygen atoms in total. The highest BCUT2D eigenvalue weighted by atomic mass is 14.9. The van der Waals surface area contributed by atoms with Gasteiger partial charge in [0.1, 0.15) is 0 Å². The number of pyridine rings is 2. The Morgan fingerprint density at radius 1 is 0.378 bits per heavy atom. The zero-order chi connectivity index (χ0) is 31.3. The summed E-state index contributed by atoms with van der Waals surface area (Å²) < 4.78 is 4.36. The first kappa shape index (κ1) is 34.3. The smallest absolute Gasteiger partial charge is 0.0675 e. The number of aryl methyl sites for hydroxylation is 2. The van der Waals surface area contributed by atoms with Crippen LogP contribution >= 0.6 is 0 Å². The maximum Gasteiger partial charge on any atom is 0.0675 e. The molecule has 4 aromatic carbocycles. The van der Waals surface area contributed by atoms with Gasteiger partial charge in [-0.3, -0.25) is 9.97 Å². The van der Waals surface area contributed by atoms with Crippen LogP contribution in [-0.4, -0.2) is 19.1 Å². The third kappa shape index (κ3) is 7.66. The molecular weight excluding hydrogens is 548 g/mol. The number of rotatable bonds is 1. The fourth-order valence-electron chi connectivity index (χ4n) is 5.27. The molecule has 0 aliphatic carbocycles. The van der Waals surface area contributed by atoms with Crippen LogP contribution in [0.2, 0.25) is 0 Å². The Bertz CT molecular complexity index is 1760. The first-order chi connectivity index (χ1) is 21.7. The van der Waals surface area contributed by atoms with E-state index in [0.29, 0.717) is 0 Å². The van der Waals surface area contributed by atoms with E-state index in [0.717, 1.165) is 0 Å². The predicted octanol–water partition coefficient (Wildman–Crippen LogP) is 11.5. The van der Waals surface area contributed by atoms with E-state index >= 15 is 0 Å². The van der Waals surface area contributed by atoms with Gasteiger partial charge in [-0.1, -0.05) is 132 Å². The second-order valence-electron chi connectivity index (χ2n) is 9.67. The van der Waals surface area contributed by atoms with E-state index in [1.165, 1.54) is 54.7 Å². The van der Waals surface area contributed by atoms with Crippen molar-refractivity contribution in [2.45, 2.75) is 35.1 Å². The Morgan fingerprint density at radius 2 is 0.689 bits per heavy atom. The average molecular weight is 595 g/mol. The van der Waals surface area contributed by atoms with Crippen LogP contribution in [0.4, 0.5) is 0 Å². The first-order valence-corrected chi connectivity index (χ1v) is 15.4. The lowest BCUT2D eigenvalue weighted by Crippen LogP contribution is -1.85. The predicted molar refractivity (Wildman–Crippen MR) is 198 cm³/mol. The third-order valence-corrected chi connectivity index (χ3v) is 7.31. The van der Waals surface area contributed by atoms with E-state index in [2.05, 4.69) is 142 Å². The number of aromatic nitrogens is 4. The lowest BCUT2D eigenvalue weighted by atomic mass is 10.1. The van der Waals surface area contributed by atoms with Crippen LogP contribution in [0.3, 0.4) is 0 Å². The number of hydrogen-bond donors (Lipinski definition) is 0. The molecule has 0 radical (unpaired) electrons. The third-order valence-electron chi connectivity index (χ3n) is 7.31. The Kier molecular flexibility index (Phi) is 13.1. The minimum Gasteiger partial charge on any atom is -0.342 e. The highest BCUT2D eigenvalue weighted by Crippen LogP contribution is 2.27. The summed E-state index contributed by atoms with van der Waals surface area (Å²) in [5.74, 6) is 0. The molecule has 8 aromatic rings. The normalized spacial score (nSPS) is 9.82. The summed E-state index contributed by atoms with van der Waals surface area (Å²) in [5, 5.41) is 5.15. The number of para-hydroxylation sites is 2. The van der Waals surface area contributed by atoms with Gasteiger partial charge >= 0.3 is 0 Å². The molecule has 0 saturated heterocycles. The summed E-state index contributed by atoms with van der Waals surface area (Å²) in [6.07, 6.45) is 7.51. The molecule has 0 fully saturated rings. The Balaban J connectivity index is 0.000000173. The molecule has 0 amide bonds. The monoisotopic (exact) mass is 594 g/mol. The standard InChI is InChI=1S/2C12H10N2.C12H10.2C2H6.CH4/c2*1-14-11-5-3-2-4-9(11)10-6-7-13-8-12(10)14;1-3-7-11(8-4-1)12-9-5-2-6-10-12;2*1-2;/h2*2-8H,1H3;1-10H;2*1-2H3;1H4. The molecule has 8 rings (SSSR count). The molecule has 230 valence electrons. The van der Waals surface area contributed by atoms with Crippen molar-refractivity contribution in [1.29, 1.82) is 0 Å². The summed E-state index contributed by atoms with van der Waals surface area (Å²) in [4.78, 5) is 8.30. The van der Waals surface area contributed by atoms with Gasteiger partial charge in [-0.15, -0.1) is 0 Å². The van der Waals surface area contributed by atoms with Crippen molar-refractivity contribution in [1.82, 2.24) is 19.1 Å². The molecule has 45 heavy (non-hydrogen) atoms. The van der Waals surface area contributed by atoms with Crippen molar-refractivity contribution in [2.24, 2.45) is 14.1 Å². The van der Waals surface area contributed by atoms with Gasteiger partial charge < -0.3 is 9.13 Å². The number of hydrogen-bond acceptors (Lipinski definition) is 2. The van der Waals surface area contributed by atoms with Crippen molar-refractivity contribution in [3.63, 3.8) is 0 Å². The second kappa shape index (κ2) is 17.2. The second-order valence-corrected chi connectivity index (χ2v) is 9.67. The fourth-order valence-corrected chi connectivity index (χ4v) is 5.27. The number of nitrogens with zero attached hydrogens (tertiary/aromatic N) is 4. The summed E-state index contributed by atoms with van der Waals surface area (Å²) >= 11 is 0. The molecule has 0 aliphatic heterocycles. The summed E-state index contributed by atoms with van der Waals surface area (Å²) in [6, 6.07) is 41.8. The van der Waals surface area contributed by atoms with Crippen molar-refractivity contribution in [3.05, 3.63) is 146 Å². The summed E-state index contributed by atoms with van der Waals surface area (Å²) in [5.41, 5.74) is 7.45. The molecule has 0 atom stereocenters. The van der Waals surface area contributed by atoms with Crippen molar-refractivity contribution < 1.29 is 0 Å². The van der Waals surface area contributed by atoms with E-state index in [-0.39, 0.29) is 7.43 Å². The van der Waals surface area contributed by atoms with Crippen LogP contribution in [0.1, 0.15) is 35.1 Å². The molecule has 0 saturated carbocycles. The summed E-state index contributed by atoms with van der Waals surface area (Å²) in [6.45, 7) is 8.00. The van der Waals surface area contributed by atoms with E-state index in [9.17, 15) is 0 Å². The highest BCUT2D eigenvalue weighted by Gasteiger charge is 2.06. The van der Waals surface area contributed by atoms with E-state index in [1.54, 1.807) is 0 Å².